The van der Waals surface area contributed by atoms with Crippen molar-refractivity contribution in [2.45, 2.75) is 13.3 Å². The van der Waals surface area contributed by atoms with E-state index in [4.69, 9.17) is 0 Å². The highest BCUT2D eigenvalue weighted by molar-refractivity contribution is 5.88. The Bertz CT molecular complexity index is 567. The number of nitrogens with one attached hydrogen (secondary N) is 2. The first kappa shape index (κ1) is 14.0. The van der Waals surface area contributed by atoms with Gasteiger partial charge in [0.15, 0.2) is 0 Å². The van der Waals surface area contributed by atoms with Crippen LogP contribution in [0.2, 0.25) is 0 Å². The van der Waals surface area contributed by atoms with Gasteiger partial charge >= 0.3 is 0 Å². The minimum atomic E-state index is -0.225. The number of nitrogens with zero attached hydrogens (tertiary/aromatic N) is 1. The Morgan fingerprint density at radius 2 is 1.95 bits per heavy atom. The smallest absolute Gasteiger partial charge is 0.221 e. The lowest BCUT2D eigenvalue weighted by Crippen LogP contribution is -2.08. The molecule has 0 fully saturated rings. The number of halogens is 1. The number of carbonyl (C=O) groups is 1. The fraction of sp³-hybridized carbons (Fsp3) is 0.200. The van der Waals surface area contributed by atoms with Crippen LogP contribution in [-0.4, -0.2) is 17.4 Å². The zero-order chi connectivity index (χ0) is 14.4. The summed E-state index contributed by atoms with van der Waals surface area (Å²) in [5.41, 5.74) is 1.73. The molecule has 4 nitrogen and oxygen atoms in total. The fourth-order valence-electron chi connectivity index (χ4n) is 1.76. The van der Waals surface area contributed by atoms with Crippen molar-refractivity contribution in [3.05, 3.63) is 54.0 Å². The molecule has 0 atom stereocenters. The first-order valence-corrected chi connectivity index (χ1v) is 6.35. The SMILES string of the molecule is CC(=O)Nc1ccc(NCCc2ccc(F)cc2)nc1. The van der Waals surface area contributed by atoms with Crippen molar-refractivity contribution in [3.63, 3.8) is 0 Å². The van der Waals surface area contributed by atoms with Gasteiger partial charge in [0.25, 0.3) is 0 Å². The molecule has 0 radical (unpaired) electrons. The van der Waals surface area contributed by atoms with Crippen LogP contribution in [0.1, 0.15) is 12.5 Å². The van der Waals surface area contributed by atoms with E-state index in [-0.39, 0.29) is 11.7 Å². The number of anilines is 2. The zero-order valence-corrected chi connectivity index (χ0v) is 11.2. The second-order valence-electron chi connectivity index (χ2n) is 4.42. The molecule has 104 valence electrons. The second-order valence-corrected chi connectivity index (χ2v) is 4.42. The number of rotatable bonds is 5. The fourth-order valence-corrected chi connectivity index (χ4v) is 1.76. The molecule has 0 aliphatic carbocycles. The van der Waals surface area contributed by atoms with E-state index in [9.17, 15) is 9.18 Å². The van der Waals surface area contributed by atoms with Gasteiger partial charge in [-0.2, -0.15) is 0 Å². The van der Waals surface area contributed by atoms with Gasteiger partial charge in [-0.3, -0.25) is 4.79 Å². The molecule has 1 amide bonds. The number of carbonyl (C=O) groups excluding carboxylic acids is 1. The summed E-state index contributed by atoms with van der Waals surface area (Å²) in [6.07, 6.45) is 2.39. The van der Waals surface area contributed by atoms with E-state index >= 15 is 0 Å². The average molecular weight is 273 g/mol. The van der Waals surface area contributed by atoms with Crippen LogP contribution in [0.4, 0.5) is 15.9 Å². The summed E-state index contributed by atoms with van der Waals surface area (Å²) in [6.45, 7) is 2.16. The Balaban J connectivity index is 1.82. The topological polar surface area (TPSA) is 54.0 Å². The van der Waals surface area contributed by atoms with Crippen LogP contribution in [0.15, 0.2) is 42.6 Å². The molecule has 1 aromatic heterocycles. The first-order valence-electron chi connectivity index (χ1n) is 6.35. The number of aromatic nitrogens is 1. The minimum absolute atomic E-state index is 0.121. The molecule has 2 N–H and O–H groups in total. The van der Waals surface area contributed by atoms with Gasteiger partial charge in [-0.05, 0) is 36.2 Å². The van der Waals surface area contributed by atoms with Crippen LogP contribution in [0.25, 0.3) is 0 Å². The van der Waals surface area contributed by atoms with Crippen molar-refractivity contribution in [2.24, 2.45) is 0 Å². The Labute approximate surface area is 117 Å². The van der Waals surface area contributed by atoms with Crippen molar-refractivity contribution in [2.75, 3.05) is 17.2 Å². The molecule has 0 spiro atoms. The van der Waals surface area contributed by atoms with Crippen LogP contribution in [-0.2, 0) is 11.2 Å². The maximum absolute atomic E-state index is 12.7. The summed E-state index contributed by atoms with van der Waals surface area (Å²) in [5, 5.41) is 5.83. The summed E-state index contributed by atoms with van der Waals surface area (Å²) >= 11 is 0. The molecule has 0 bridgehead atoms. The normalized spacial score (nSPS) is 10.1. The molecule has 20 heavy (non-hydrogen) atoms. The Morgan fingerprint density at radius 3 is 2.55 bits per heavy atom. The number of amides is 1. The number of benzene rings is 1. The monoisotopic (exact) mass is 273 g/mol. The molecule has 0 saturated heterocycles. The third-order valence-corrected chi connectivity index (χ3v) is 2.72. The summed E-state index contributed by atoms with van der Waals surface area (Å²) in [4.78, 5) is 15.1. The maximum atomic E-state index is 12.7. The Hall–Kier alpha value is -2.43. The van der Waals surface area contributed by atoms with E-state index in [1.165, 1.54) is 19.1 Å². The highest BCUT2D eigenvalue weighted by Gasteiger charge is 1.98. The molecule has 0 aliphatic rings. The van der Waals surface area contributed by atoms with Crippen LogP contribution in [0, 0.1) is 5.82 Å². The molecular formula is C15H16FN3O. The van der Waals surface area contributed by atoms with Crippen molar-refractivity contribution < 1.29 is 9.18 Å². The quantitative estimate of drug-likeness (QED) is 0.880. The van der Waals surface area contributed by atoms with Gasteiger partial charge in [-0.25, -0.2) is 9.37 Å². The Morgan fingerprint density at radius 1 is 1.20 bits per heavy atom. The molecule has 5 heteroatoms. The number of hydrogen-bond donors (Lipinski definition) is 2. The predicted octanol–water partition coefficient (Wildman–Crippen LogP) is 2.83. The molecule has 1 aromatic carbocycles. The summed E-state index contributed by atoms with van der Waals surface area (Å²) in [7, 11) is 0. The highest BCUT2D eigenvalue weighted by atomic mass is 19.1. The zero-order valence-electron chi connectivity index (χ0n) is 11.2. The van der Waals surface area contributed by atoms with Gasteiger partial charge in [-0.15, -0.1) is 0 Å². The van der Waals surface area contributed by atoms with Crippen LogP contribution in [0.3, 0.4) is 0 Å². The van der Waals surface area contributed by atoms with Gasteiger partial charge < -0.3 is 10.6 Å². The molecule has 0 aliphatic heterocycles. The molecule has 0 unspecified atom stereocenters. The largest absolute Gasteiger partial charge is 0.370 e. The van der Waals surface area contributed by atoms with Gasteiger partial charge in [0.05, 0.1) is 11.9 Å². The molecular weight excluding hydrogens is 257 g/mol. The van der Waals surface area contributed by atoms with Crippen LogP contribution in [0.5, 0.6) is 0 Å². The maximum Gasteiger partial charge on any atom is 0.221 e. The van der Waals surface area contributed by atoms with Crippen molar-refractivity contribution in [3.8, 4) is 0 Å². The molecule has 0 saturated carbocycles. The van der Waals surface area contributed by atoms with Gasteiger partial charge in [0, 0.05) is 13.5 Å². The van der Waals surface area contributed by atoms with E-state index in [0.717, 1.165) is 17.8 Å². The van der Waals surface area contributed by atoms with E-state index < -0.39 is 0 Å². The van der Waals surface area contributed by atoms with Crippen molar-refractivity contribution in [1.82, 2.24) is 4.98 Å². The van der Waals surface area contributed by atoms with E-state index in [1.54, 1.807) is 30.5 Å². The molecule has 1 heterocycles. The van der Waals surface area contributed by atoms with E-state index in [2.05, 4.69) is 15.6 Å². The average Bonchev–Trinajstić information content (AvgIpc) is 2.42. The standard InChI is InChI=1S/C15H16FN3O/c1-11(20)19-14-6-7-15(18-10-14)17-9-8-12-2-4-13(16)5-3-12/h2-7,10H,8-9H2,1H3,(H,17,18)(H,19,20). The highest BCUT2D eigenvalue weighted by Crippen LogP contribution is 2.10. The van der Waals surface area contributed by atoms with E-state index in [1.807, 2.05) is 0 Å². The number of pyridine rings is 1. The van der Waals surface area contributed by atoms with Gasteiger partial charge in [0.1, 0.15) is 11.6 Å². The van der Waals surface area contributed by atoms with Crippen molar-refractivity contribution >= 4 is 17.4 Å². The Kier molecular flexibility index (Phi) is 4.65. The lowest BCUT2D eigenvalue weighted by molar-refractivity contribution is -0.114. The molecule has 2 rings (SSSR count). The summed E-state index contributed by atoms with van der Waals surface area (Å²) in [5.74, 6) is 0.391. The predicted molar refractivity (Wildman–Crippen MR) is 77.1 cm³/mol. The summed E-state index contributed by atoms with van der Waals surface area (Å²) < 4.78 is 12.7. The van der Waals surface area contributed by atoms with Crippen LogP contribution < -0.4 is 10.6 Å². The van der Waals surface area contributed by atoms with Gasteiger partial charge in [-0.1, -0.05) is 12.1 Å². The minimum Gasteiger partial charge on any atom is -0.370 e. The third-order valence-electron chi connectivity index (χ3n) is 2.72. The van der Waals surface area contributed by atoms with Crippen molar-refractivity contribution in [1.29, 1.82) is 0 Å². The number of hydrogen-bond acceptors (Lipinski definition) is 3. The van der Waals surface area contributed by atoms with Gasteiger partial charge in [0.2, 0.25) is 5.91 Å². The lowest BCUT2D eigenvalue weighted by atomic mass is 10.1. The van der Waals surface area contributed by atoms with Crippen LogP contribution >= 0.6 is 0 Å². The summed E-state index contributed by atoms with van der Waals surface area (Å²) in [6, 6.07) is 10.0. The molecule has 2 aromatic rings. The van der Waals surface area contributed by atoms with E-state index in [0.29, 0.717) is 12.2 Å². The second kappa shape index (κ2) is 6.65. The lowest BCUT2D eigenvalue weighted by Gasteiger charge is -2.07. The first-order chi connectivity index (χ1) is 9.63. The third kappa shape index (κ3) is 4.35.